The van der Waals surface area contributed by atoms with Crippen LogP contribution in [-0.4, -0.2) is 12.2 Å². The Hall–Kier alpha value is 0.340. The van der Waals surface area contributed by atoms with Crippen molar-refractivity contribution >= 4 is 86.9 Å². The predicted molar refractivity (Wildman–Crippen MR) is 102 cm³/mol. The van der Waals surface area contributed by atoms with Crippen LogP contribution in [0.3, 0.4) is 0 Å². The number of hydrogen-bond acceptors (Lipinski definition) is 3. The van der Waals surface area contributed by atoms with E-state index in [1.54, 1.807) is 6.07 Å². The second kappa shape index (κ2) is 7.49. The molecule has 0 aliphatic heterocycles. The van der Waals surface area contributed by atoms with Crippen LogP contribution in [0.15, 0.2) is 30.0 Å². The Morgan fingerprint density at radius 3 is 2.18 bits per heavy atom. The molecule has 9 heteroatoms. The van der Waals surface area contributed by atoms with Gasteiger partial charge in [-0.1, -0.05) is 39.1 Å². The molecule has 0 heterocycles. The Kier molecular flexibility index (Phi) is 6.36. The Morgan fingerprint density at radius 2 is 1.59 bits per heavy atom. The van der Waals surface area contributed by atoms with Crippen LogP contribution in [0.5, 0.6) is 23.0 Å². The summed E-state index contributed by atoms with van der Waals surface area (Å²) < 4.78 is 13.3. The van der Waals surface area contributed by atoms with Gasteiger partial charge in [0.15, 0.2) is 23.0 Å². The normalized spacial score (nSPS) is 10.7. The zero-order valence-corrected chi connectivity index (χ0v) is 18.5. The third kappa shape index (κ3) is 3.54. The third-order valence-corrected chi connectivity index (χ3v) is 6.62. The van der Waals surface area contributed by atoms with Gasteiger partial charge < -0.3 is 14.6 Å². The van der Waals surface area contributed by atoms with E-state index in [4.69, 9.17) is 32.7 Å². The maximum atomic E-state index is 10.2. The van der Waals surface area contributed by atoms with E-state index in [9.17, 15) is 5.11 Å². The molecule has 22 heavy (non-hydrogen) atoms. The Morgan fingerprint density at radius 1 is 0.955 bits per heavy atom. The van der Waals surface area contributed by atoms with Crippen LogP contribution in [0.1, 0.15) is 0 Å². The summed E-state index contributed by atoms with van der Waals surface area (Å²) in [5.41, 5.74) is 0. The quantitative estimate of drug-likeness (QED) is 0.292. The van der Waals surface area contributed by atoms with Crippen molar-refractivity contribution in [3.8, 4) is 23.0 Å². The third-order valence-electron chi connectivity index (χ3n) is 2.59. The lowest BCUT2D eigenvalue weighted by Gasteiger charge is -2.16. The summed E-state index contributed by atoms with van der Waals surface area (Å²) in [5, 5.41) is 10.5. The van der Waals surface area contributed by atoms with Gasteiger partial charge in [0.25, 0.3) is 0 Å². The van der Waals surface area contributed by atoms with Crippen LogP contribution in [-0.2, 0) is 0 Å². The average molecular weight is 601 g/mol. The molecule has 0 amide bonds. The van der Waals surface area contributed by atoms with Crippen LogP contribution in [0.25, 0.3) is 0 Å². The first-order chi connectivity index (χ1) is 10.3. The van der Waals surface area contributed by atoms with Gasteiger partial charge in [-0.3, -0.25) is 0 Å². The topological polar surface area (TPSA) is 38.7 Å². The fourth-order valence-corrected chi connectivity index (χ4v) is 4.49. The molecule has 0 spiro atoms. The molecule has 0 saturated carbocycles. The highest BCUT2D eigenvalue weighted by Crippen LogP contribution is 2.52. The van der Waals surface area contributed by atoms with Gasteiger partial charge in [-0.05, 0) is 59.9 Å². The number of hydrogen-bond donors (Lipinski definition) is 1. The molecule has 0 bridgehead atoms. The summed E-state index contributed by atoms with van der Waals surface area (Å²) in [6.45, 7) is 0. The molecule has 0 atom stereocenters. The minimum atomic E-state index is -0.247. The van der Waals surface area contributed by atoms with Crippen molar-refractivity contribution in [2.45, 2.75) is 0 Å². The van der Waals surface area contributed by atoms with Crippen molar-refractivity contribution in [1.82, 2.24) is 0 Å². The van der Waals surface area contributed by atoms with Gasteiger partial charge in [0.1, 0.15) is 5.02 Å². The highest BCUT2D eigenvalue weighted by atomic mass is 79.9. The fraction of sp³-hybridized carbons (Fsp3) is 0.0769. The van der Waals surface area contributed by atoms with Gasteiger partial charge in [0.2, 0.25) is 0 Å². The van der Waals surface area contributed by atoms with E-state index in [1.165, 1.54) is 7.11 Å². The molecule has 1 N–H and O–H groups in total. The van der Waals surface area contributed by atoms with Crippen LogP contribution in [0.4, 0.5) is 0 Å². The Labute approximate surface area is 170 Å². The van der Waals surface area contributed by atoms with Crippen molar-refractivity contribution in [1.29, 1.82) is 0 Å². The number of ether oxygens (including phenoxy) is 2. The summed E-state index contributed by atoms with van der Waals surface area (Å²) in [5.74, 6) is 0.670. The number of phenols is 1. The largest absolute Gasteiger partial charge is 0.503 e. The number of benzene rings is 2. The van der Waals surface area contributed by atoms with Crippen molar-refractivity contribution in [3.63, 3.8) is 0 Å². The zero-order chi connectivity index (χ0) is 16.6. The van der Waals surface area contributed by atoms with Crippen molar-refractivity contribution in [3.05, 3.63) is 40.1 Å². The molecule has 0 saturated heterocycles. The van der Waals surface area contributed by atoms with Gasteiger partial charge in [-0.25, -0.2) is 0 Å². The molecule has 3 nitrogen and oxygen atoms in total. The van der Waals surface area contributed by atoms with Gasteiger partial charge >= 0.3 is 0 Å². The highest BCUT2D eigenvalue weighted by Gasteiger charge is 2.23. The van der Waals surface area contributed by atoms with Gasteiger partial charge in [-0.15, -0.1) is 0 Å². The van der Waals surface area contributed by atoms with Crippen molar-refractivity contribution < 1.29 is 14.6 Å². The number of halogens is 6. The first kappa shape index (κ1) is 18.7. The van der Waals surface area contributed by atoms with Crippen molar-refractivity contribution in [2.24, 2.45) is 0 Å². The average Bonchev–Trinajstić information content (AvgIpc) is 2.47. The second-order valence-corrected chi connectivity index (χ2v) is 8.07. The molecule has 0 unspecified atom stereocenters. The predicted octanol–water partition coefficient (Wildman–Crippen LogP) is 7.55. The summed E-state index contributed by atoms with van der Waals surface area (Å²) in [6, 6.07) is 3.50. The fourth-order valence-electron chi connectivity index (χ4n) is 1.61. The smallest absolute Gasteiger partial charge is 0.186 e. The van der Waals surface area contributed by atoms with Crippen molar-refractivity contribution in [2.75, 3.05) is 7.11 Å². The van der Waals surface area contributed by atoms with E-state index in [1.807, 2.05) is 6.07 Å². The number of phenolic OH excluding ortho intramolecular Hbond substituents is 1. The molecule has 0 radical (unpaired) electrons. The van der Waals surface area contributed by atoms with Crippen LogP contribution in [0.2, 0.25) is 10.0 Å². The van der Waals surface area contributed by atoms with E-state index >= 15 is 0 Å². The Balaban J connectivity index is 2.62. The number of aromatic hydroxyl groups is 1. The molecule has 2 aromatic rings. The van der Waals surface area contributed by atoms with Gasteiger partial charge in [0, 0.05) is 4.47 Å². The summed E-state index contributed by atoms with van der Waals surface area (Å²) >= 11 is 25.4. The van der Waals surface area contributed by atoms with E-state index in [-0.39, 0.29) is 21.5 Å². The standard InChI is InChI=1S/C13H6Br4Cl2O3/c1-21-12-5(15)2-4(14)3-6(12)22-13-8(17)9(18)7(16)10(19)11(13)20/h2-3,20H,1H3. The first-order valence-electron chi connectivity index (χ1n) is 5.53. The molecule has 0 fully saturated rings. The Bertz CT molecular complexity index is 724. The maximum Gasteiger partial charge on any atom is 0.186 e. The minimum absolute atomic E-state index is 0.0521. The molecule has 0 aromatic heterocycles. The van der Waals surface area contributed by atoms with E-state index in [0.29, 0.717) is 24.9 Å². The summed E-state index contributed by atoms with van der Waals surface area (Å²) in [6.07, 6.45) is 0. The summed E-state index contributed by atoms with van der Waals surface area (Å²) in [7, 11) is 1.51. The number of rotatable bonds is 3. The lowest BCUT2D eigenvalue weighted by Crippen LogP contribution is -1.94. The molecule has 2 rings (SSSR count). The summed E-state index contributed by atoms with van der Waals surface area (Å²) in [4.78, 5) is 0. The van der Waals surface area contributed by atoms with E-state index in [2.05, 4.69) is 63.7 Å². The van der Waals surface area contributed by atoms with Crippen LogP contribution in [0, 0.1) is 0 Å². The van der Waals surface area contributed by atoms with Crippen LogP contribution < -0.4 is 9.47 Å². The van der Waals surface area contributed by atoms with Gasteiger partial charge in [0.05, 0.1) is 25.6 Å². The zero-order valence-electron chi connectivity index (χ0n) is 10.7. The molecular weight excluding hydrogens is 595 g/mol. The first-order valence-corrected chi connectivity index (χ1v) is 9.46. The molecule has 0 aliphatic carbocycles. The lowest BCUT2D eigenvalue weighted by molar-refractivity contribution is 0.363. The van der Waals surface area contributed by atoms with Gasteiger partial charge in [-0.2, -0.15) is 0 Å². The molecule has 118 valence electrons. The molecule has 2 aromatic carbocycles. The van der Waals surface area contributed by atoms with E-state index < -0.39 is 0 Å². The molecular formula is C13H6Br4Cl2O3. The SMILES string of the molecule is COc1c(Br)cc(Br)cc1Oc1c(O)c(Cl)c(Br)c(Cl)c1Br. The highest BCUT2D eigenvalue weighted by molar-refractivity contribution is 9.11. The van der Waals surface area contributed by atoms with E-state index in [0.717, 1.165) is 4.47 Å². The second-order valence-electron chi connectivity index (χ2n) is 3.95. The minimum Gasteiger partial charge on any atom is -0.503 e. The lowest BCUT2D eigenvalue weighted by atomic mass is 10.3. The maximum absolute atomic E-state index is 10.2. The molecule has 0 aliphatic rings. The monoisotopic (exact) mass is 596 g/mol. The van der Waals surface area contributed by atoms with Crippen LogP contribution >= 0.6 is 86.9 Å². The number of methoxy groups -OCH3 is 1.